The van der Waals surface area contributed by atoms with Crippen molar-refractivity contribution >= 4 is 14.2 Å². The lowest BCUT2D eigenvalue weighted by atomic mass is 9.95. The minimum absolute atomic E-state index is 0.0835. The van der Waals surface area contributed by atoms with Crippen molar-refractivity contribution in [3.8, 4) is 0 Å². The van der Waals surface area contributed by atoms with Gasteiger partial charge in [0.05, 0.1) is 13.2 Å². The number of hydrogen-bond donors (Lipinski definition) is 1. The van der Waals surface area contributed by atoms with Gasteiger partial charge in [-0.25, -0.2) is 0 Å². The van der Waals surface area contributed by atoms with Gasteiger partial charge in [-0.1, -0.05) is 81.4 Å². The highest BCUT2D eigenvalue weighted by Crippen LogP contribution is 2.41. The third-order valence-electron chi connectivity index (χ3n) is 7.47. The third kappa shape index (κ3) is 7.08. The smallest absolute Gasteiger partial charge is 0.391 e. The zero-order valence-electron chi connectivity index (χ0n) is 22.7. The fourth-order valence-electron chi connectivity index (χ4n) is 4.27. The van der Waals surface area contributed by atoms with Crippen LogP contribution in [0.15, 0.2) is 60.7 Å². The second-order valence-electron chi connectivity index (χ2n) is 11.4. The molecule has 0 spiro atoms. The maximum atomic E-state index is 13.5. The Bertz CT molecular complexity index is 1100. The number of halogens is 3. The average Bonchev–Trinajstić information content (AvgIpc) is 2.88. The Labute approximate surface area is 228 Å². The first kappa shape index (κ1) is 29.7. The van der Waals surface area contributed by atoms with Crippen molar-refractivity contribution in [2.45, 2.75) is 88.6 Å². The molecule has 0 aromatic heterocycles. The summed E-state index contributed by atoms with van der Waals surface area (Å²) in [6.07, 6.45) is -9.66. The molecule has 39 heavy (non-hydrogen) atoms. The molecule has 0 radical (unpaired) electrons. The molecule has 2 fully saturated rings. The van der Waals surface area contributed by atoms with Gasteiger partial charge in [-0.05, 0) is 23.7 Å². The number of ether oxygens (including phenoxy) is 4. The number of alkyl halides is 3. The van der Waals surface area contributed by atoms with Crippen LogP contribution in [-0.4, -0.2) is 57.7 Å². The molecule has 2 heterocycles. The molecule has 214 valence electrons. The van der Waals surface area contributed by atoms with Crippen LogP contribution in [0.4, 0.5) is 13.2 Å². The minimum atomic E-state index is -5.11. The lowest BCUT2D eigenvalue weighted by molar-refractivity contribution is -0.341. The van der Waals surface area contributed by atoms with Crippen molar-refractivity contribution in [2.75, 3.05) is 6.61 Å². The van der Waals surface area contributed by atoms with E-state index in [1.807, 2.05) is 94.5 Å². The van der Waals surface area contributed by atoms with Crippen molar-refractivity contribution in [3.05, 3.63) is 71.8 Å². The molecule has 2 aliphatic heterocycles. The molecular weight excluding hydrogens is 531 g/mol. The van der Waals surface area contributed by atoms with E-state index in [9.17, 15) is 18.0 Å². The number of benzene rings is 2. The van der Waals surface area contributed by atoms with E-state index in [-0.39, 0.29) is 18.3 Å². The molecule has 0 aliphatic carbocycles. The van der Waals surface area contributed by atoms with Crippen molar-refractivity contribution in [2.24, 2.45) is 0 Å². The Kier molecular flexibility index (Phi) is 8.89. The van der Waals surface area contributed by atoms with Gasteiger partial charge in [-0.2, -0.15) is 13.2 Å². The van der Waals surface area contributed by atoms with Gasteiger partial charge >= 0.3 is 12.1 Å². The minimum Gasteiger partial charge on any atom is -0.391 e. The van der Waals surface area contributed by atoms with Gasteiger partial charge < -0.3 is 28.7 Å². The molecule has 0 bridgehead atoms. The molecular formula is C28H36F3NO6Si. The standard InChI is InChI=1S/C28H36F3NO6Si/c1-27(2,3)39(4,5)38-25-21(32-26(33)28(29,30)31)23(34-16-18-12-8-6-9-13-18)22-20(36-25)17-35-24(37-22)19-14-10-7-11-15-19/h6-15,20-25H,16-17H2,1-5H3,(H,32,33)/t20-,21-,22-,23-,24?,25+/m1/s1. The normalized spacial score (nSPS) is 28.0. The van der Waals surface area contributed by atoms with Crippen LogP contribution in [0.3, 0.4) is 0 Å². The van der Waals surface area contributed by atoms with Crippen molar-refractivity contribution in [3.63, 3.8) is 0 Å². The van der Waals surface area contributed by atoms with Gasteiger partial charge in [0.15, 0.2) is 20.9 Å². The Morgan fingerprint density at radius 1 is 1.00 bits per heavy atom. The number of amides is 1. The molecule has 11 heteroatoms. The summed E-state index contributed by atoms with van der Waals surface area (Å²) in [5, 5.41) is 1.85. The molecule has 2 saturated heterocycles. The van der Waals surface area contributed by atoms with Gasteiger partial charge in [0.1, 0.15) is 24.4 Å². The Hall–Kier alpha value is -2.28. The SMILES string of the molecule is CC(C)(C)[Si](C)(C)O[C@@H]1O[C@@H]2COC(c3ccccc3)O[C@H]2[C@H](OCc2ccccc2)[C@H]1NC(=O)C(F)(F)F. The van der Waals surface area contributed by atoms with Gasteiger partial charge in [0.2, 0.25) is 0 Å². The number of carbonyl (C=O) groups excluding carboxylic acids is 1. The van der Waals surface area contributed by atoms with E-state index in [1.165, 1.54) is 0 Å². The lowest BCUT2D eigenvalue weighted by Crippen LogP contribution is -2.69. The summed E-state index contributed by atoms with van der Waals surface area (Å²) in [6, 6.07) is 17.1. The van der Waals surface area contributed by atoms with Crippen LogP contribution in [0.5, 0.6) is 0 Å². The molecule has 1 unspecified atom stereocenters. The highest BCUT2D eigenvalue weighted by Gasteiger charge is 2.55. The maximum Gasteiger partial charge on any atom is 0.471 e. The van der Waals surface area contributed by atoms with Crippen LogP contribution in [0.1, 0.15) is 38.2 Å². The van der Waals surface area contributed by atoms with E-state index >= 15 is 0 Å². The first-order valence-electron chi connectivity index (χ1n) is 12.9. The Morgan fingerprint density at radius 3 is 2.21 bits per heavy atom. The summed E-state index contributed by atoms with van der Waals surface area (Å²) >= 11 is 0. The van der Waals surface area contributed by atoms with Gasteiger partial charge in [-0.15, -0.1) is 0 Å². The molecule has 1 N–H and O–H groups in total. The van der Waals surface area contributed by atoms with E-state index in [4.69, 9.17) is 23.4 Å². The van der Waals surface area contributed by atoms with E-state index in [1.54, 1.807) is 0 Å². The predicted octanol–water partition coefficient (Wildman–Crippen LogP) is 5.48. The molecule has 7 nitrogen and oxygen atoms in total. The topological polar surface area (TPSA) is 75.2 Å². The fraction of sp³-hybridized carbons (Fsp3) is 0.536. The van der Waals surface area contributed by atoms with Crippen molar-refractivity contribution in [1.29, 1.82) is 0 Å². The molecule has 6 atom stereocenters. The molecule has 1 amide bonds. The summed E-state index contributed by atoms with van der Waals surface area (Å²) < 4.78 is 71.6. The van der Waals surface area contributed by atoms with Crippen LogP contribution in [0.25, 0.3) is 0 Å². The Morgan fingerprint density at radius 2 is 1.62 bits per heavy atom. The van der Waals surface area contributed by atoms with E-state index in [2.05, 4.69) is 5.32 Å². The largest absolute Gasteiger partial charge is 0.471 e. The van der Waals surface area contributed by atoms with Crippen LogP contribution >= 0.6 is 0 Å². The number of hydrogen-bond acceptors (Lipinski definition) is 6. The summed E-state index contributed by atoms with van der Waals surface area (Å²) in [4.78, 5) is 12.2. The zero-order chi connectivity index (χ0) is 28.4. The fourth-order valence-corrected chi connectivity index (χ4v) is 5.41. The first-order valence-corrected chi connectivity index (χ1v) is 15.9. The summed E-state index contributed by atoms with van der Waals surface area (Å²) in [6.45, 7) is 10.1. The predicted molar refractivity (Wildman–Crippen MR) is 140 cm³/mol. The highest BCUT2D eigenvalue weighted by molar-refractivity contribution is 6.74. The van der Waals surface area contributed by atoms with Crippen molar-refractivity contribution in [1.82, 2.24) is 5.32 Å². The number of rotatable bonds is 7. The molecule has 0 saturated carbocycles. The second kappa shape index (κ2) is 11.7. The molecule has 2 aliphatic rings. The number of carbonyl (C=O) groups is 1. The lowest BCUT2D eigenvalue weighted by Gasteiger charge is -2.51. The average molecular weight is 568 g/mol. The highest BCUT2D eigenvalue weighted by atomic mass is 28.4. The molecule has 2 aromatic rings. The van der Waals surface area contributed by atoms with Gasteiger partial charge in [0, 0.05) is 5.56 Å². The van der Waals surface area contributed by atoms with Crippen LogP contribution in [0, 0.1) is 0 Å². The zero-order valence-corrected chi connectivity index (χ0v) is 23.7. The van der Waals surface area contributed by atoms with Crippen LogP contribution < -0.4 is 5.32 Å². The number of nitrogens with one attached hydrogen (secondary N) is 1. The second-order valence-corrected chi connectivity index (χ2v) is 16.1. The third-order valence-corrected chi connectivity index (χ3v) is 11.9. The summed E-state index contributed by atoms with van der Waals surface area (Å²) in [5.41, 5.74) is 1.56. The quantitative estimate of drug-likeness (QED) is 0.447. The first-order chi connectivity index (χ1) is 18.3. The molecule has 4 rings (SSSR count). The molecule has 2 aromatic carbocycles. The monoisotopic (exact) mass is 567 g/mol. The number of fused-ring (bicyclic) bond motifs is 1. The summed E-state index contributed by atoms with van der Waals surface area (Å²) in [5.74, 6) is -2.10. The van der Waals surface area contributed by atoms with E-state index in [0.717, 1.165) is 11.1 Å². The van der Waals surface area contributed by atoms with Gasteiger partial charge in [0.25, 0.3) is 0 Å². The Balaban J connectivity index is 1.69. The van der Waals surface area contributed by atoms with Crippen LogP contribution in [0.2, 0.25) is 18.1 Å². The maximum absolute atomic E-state index is 13.5. The van der Waals surface area contributed by atoms with Gasteiger partial charge in [-0.3, -0.25) is 4.79 Å². The van der Waals surface area contributed by atoms with E-state index in [0.29, 0.717) is 0 Å². The summed E-state index contributed by atoms with van der Waals surface area (Å²) in [7, 11) is -2.56. The van der Waals surface area contributed by atoms with E-state index < -0.39 is 57.3 Å². The van der Waals surface area contributed by atoms with Crippen LogP contribution in [-0.2, 0) is 34.8 Å². The van der Waals surface area contributed by atoms with Crippen molar-refractivity contribution < 1.29 is 41.3 Å².